The standard InChI is InChI=1S/C19H14ClN5O3/c1-28-12-7-5-11(6-8-12)9-25-10-15-16(24-25)17(20)23-18(22-15)13-3-2-4-14(21-13)19(26)27/h2-8,10H,9H2,1H3,(H,26,27). The predicted octanol–water partition coefficient (Wildman–Crippen LogP) is 3.30. The Bertz CT molecular complexity index is 1170. The molecule has 0 aliphatic rings. The molecule has 0 amide bonds. The minimum atomic E-state index is -1.12. The summed E-state index contributed by atoms with van der Waals surface area (Å²) in [5, 5.41) is 13.7. The van der Waals surface area contributed by atoms with Crippen LogP contribution in [0.15, 0.2) is 48.7 Å². The van der Waals surface area contributed by atoms with E-state index in [4.69, 9.17) is 21.4 Å². The maximum Gasteiger partial charge on any atom is 0.354 e. The van der Waals surface area contributed by atoms with Crippen molar-refractivity contribution in [1.82, 2.24) is 24.7 Å². The van der Waals surface area contributed by atoms with Gasteiger partial charge in [0.1, 0.15) is 28.2 Å². The molecule has 0 aliphatic heterocycles. The molecule has 140 valence electrons. The van der Waals surface area contributed by atoms with E-state index in [0.29, 0.717) is 23.3 Å². The van der Waals surface area contributed by atoms with Crippen molar-refractivity contribution < 1.29 is 14.6 Å². The Morgan fingerprint density at radius 3 is 2.64 bits per heavy atom. The van der Waals surface area contributed by atoms with Gasteiger partial charge in [-0.05, 0) is 29.8 Å². The van der Waals surface area contributed by atoms with Crippen molar-refractivity contribution in [2.45, 2.75) is 6.54 Å². The van der Waals surface area contributed by atoms with Gasteiger partial charge in [0, 0.05) is 0 Å². The smallest absolute Gasteiger partial charge is 0.354 e. The highest BCUT2D eigenvalue weighted by atomic mass is 35.5. The largest absolute Gasteiger partial charge is 0.497 e. The quantitative estimate of drug-likeness (QED) is 0.517. The third kappa shape index (κ3) is 3.49. The molecule has 0 bridgehead atoms. The van der Waals surface area contributed by atoms with Gasteiger partial charge < -0.3 is 9.84 Å². The molecular formula is C19H14ClN5O3. The second-order valence-corrected chi connectivity index (χ2v) is 6.32. The molecule has 4 aromatic rings. The van der Waals surface area contributed by atoms with Gasteiger partial charge in [-0.1, -0.05) is 29.8 Å². The Morgan fingerprint density at radius 1 is 1.14 bits per heavy atom. The second-order valence-electron chi connectivity index (χ2n) is 5.96. The molecule has 28 heavy (non-hydrogen) atoms. The number of methoxy groups -OCH3 is 1. The number of halogens is 1. The summed E-state index contributed by atoms with van der Waals surface area (Å²) in [5.74, 6) is -0.102. The molecule has 0 fully saturated rings. The summed E-state index contributed by atoms with van der Waals surface area (Å²) in [6, 6.07) is 12.3. The summed E-state index contributed by atoms with van der Waals surface area (Å²) in [4.78, 5) is 23.9. The number of aromatic nitrogens is 5. The number of fused-ring (bicyclic) bond motifs is 1. The topological polar surface area (TPSA) is 103 Å². The van der Waals surface area contributed by atoms with E-state index in [-0.39, 0.29) is 16.7 Å². The first kappa shape index (κ1) is 17.9. The van der Waals surface area contributed by atoms with Crippen LogP contribution in [0.25, 0.3) is 22.6 Å². The Labute approximate surface area is 164 Å². The number of hydrogen-bond acceptors (Lipinski definition) is 6. The van der Waals surface area contributed by atoms with E-state index in [1.165, 1.54) is 6.07 Å². The Morgan fingerprint density at radius 2 is 1.93 bits per heavy atom. The van der Waals surface area contributed by atoms with Crippen molar-refractivity contribution in [2.75, 3.05) is 7.11 Å². The van der Waals surface area contributed by atoms with Crippen molar-refractivity contribution in [3.8, 4) is 17.3 Å². The lowest BCUT2D eigenvalue weighted by molar-refractivity contribution is 0.0690. The average molecular weight is 396 g/mol. The van der Waals surface area contributed by atoms with Crippen LogP contribution in [0.3, 0.4) is 0 Å². The van der Waals surface area contributed by atoms with E-state index in [1.807, 2.05) is 24.3 Å². The van der Waals surface area contributed by atoms with Crippen molar-refractivity contribution in [3.63, 3.8) is 0 Å². The number of ether oxygens (including phenoxy) is 1. The minimum absolute atomic E-state index is 0.0903. The van der Waals surface area contributed by atoms with Crippen LogP contribution in [-0.4, -0.2) is 42.9 Å². The summed E-state index contributed by atoms with van der Waals surface area (Å²) in [6.07, 6.45) is 1.76. The highest BCUT2D eigenvalue weighted by Gasteiger charge is 2.14. The average Bonchev–Trinajstić information content (AvgIpc) is 3.11. The zero-order chi connectivity index (χ0) is 19.7. The summed E-state index contributed by atoms with van der Waals surface area (Å²) in [7, 11) is 1.62. The Hall–Kier alpha value is -3.52. The zero-order valence-electron chi connectivity index (χ0n) is 14.7. The molecule has 3 heterocycles. The molecule has 0 atom stereocenters. The monoisotopic (exact) mass is 395 g/mol. The summed E-state index contributed by atoms with van der Waals surface area (Å²) in [5.41, 5.74) is 2.28. The normalized spacial score (nSPS) is 10.9. The molecule has 0 saturated heterocycles. The van der Waals surface area contributed by atoms with Gasteiger partial charge in [0.15, 0.2) is 11.0 Å². The highest BCUT2D eigenvalue weighted by molar-refractivity contribution is 6.33. The van der Waals surface area contributed by atoms with Crippen LogP contribution in [0.1, 0.15) is 16.1 Å². The van der Waals surface area contributed by atoms with Crippen molar-refractivity contribution >= 4 is 28.6 Å². The number of carbonyl (C=O) groups is 1. The van der Waals surface area contributed by atoms with Crippen LogP contribution < -0.4 is 4.74 Å². The molecule has 9 heteroatoms. The van der Waals surface area contributed by atoms with Gasteiger partial charge in [-0.2, -0.15) is 5.10 Å². The van der Waals surface area contributed by atoms with Crippen LogP contribution in [0.4, 0.5) is 0 Å². The van der Waals surface area contributed by atoms with Gasteiger partial charge in [-0.15, -0.1) is 0 Å². The SMILES string of the molecule is COc1ccc(Cn2cc3nc(-c4cccc(C(=O)O)n4)nc(Cl)c3n2)cc1. The minimum Gasteiger partial charge on any atom is -0.497 e. The van der Waals surface area contributed by atoms with Gasteiger partial charge in [-0.25, -0.2) is 19.7 Å². The lowest BCUT2D eigenvalue weighted by Gasteiger charge is -2.03. The van der Waals surface area contributed by atoms with E-state index in [1.54, 1.807) is 30.1 Å². The molecule has 4 rings (SSSR count). The van der Waals surface area contributed by atoms with Crippen LogP contribution >= 0.6 is 11.6 Å². The molecule has 0 saturated carbocycles. The second kappa shape index (κ2) is 7.24. The van der Waals surface area contributed by atoms with Crippen LogP contribution in [0.2, 0.25) is 5.15 Å². The molecule has 8 nitrogen and oxygen atoms in total. The highest BCUT2D eigenvalue weighted by Crippen LogP contribution is 2.23. The number of carboxylic acids is 1. The maximum absolute atomic E-state index is 11.1. The lowest BCUT2D eigenvalue weighted by atomic mass is 10.2. The van der Waals surface area contributed by atoms with E-state index in [9.17, 15) is 4.79 Å². The van der Waals surface area contributed by atoms with Gasteiger partial charge in [-0.3, -0.25) is 4.68 Å². The van der Waals surface area contributed by atoms with Crippen molar-refractivity contribution in [2.24, 2.45) is 0 Å². The van der Waals surface area contributed by atoms with Crippen molar-refractivity contribution in [3.05, 3.63) is 65.1 Å². The number of nitrogens with zero attached hydrogens (tertiary/aromatic N) is 5. The number of rotatable bonds is 5. The van der Waals surface area contributed by atoms with Crippen LogP contribution in [0, 0.1) is 0 Å². The molecule has 3 aromatic heterocycles. The molecule has 0 radical (unpaired) electrons. The van der Waals surface area contributed by atoms with E-state index >= 15 is 0 Å². The molecule has 0 spiro atoms. The molecular weight excluding hydrogens is 382 g/mol. The Balaban J connectivity index is 1.69. The van der Waals surface area contributed by atoms with E-state index in [2.05, 4.69) is 20.1 Å². The van der Waals surface area contributed by atoms with Gasteiger partial charge in [0.2, 0.25) is 0 Å². The zero-order valence-corrected chi connectivity index (χ0v) is 15.5. The van der Waals surface area contributed by atoms with Crippen molar-refractivity contribution in [1.29, 1.82) is 0 Å². The Kier molecular flexibility index (Phi) is 4.62. The summed E-state index contributed by atoms with van der Waals surface area (Å²) in [6.45, 7) is 0.527. The third-order valence-corrected chi connectivity index (χ3v) is 4.33. The van der Waals surface area contributed by atoms with Crippen LogP contribution in [-0.2, 0) is 6.54 Å². The molecule has 1 aromatic carbocycles. The third-order valence-electron chi connectivity index (χ3n) is 4.07. The number of pyridine rings is 1. The van der Waals surface area contributed by atoms with Gasteiger partial charge in [0.25, 0.3) is 0 Å². The van der Waals surface area contributed by atoms with E-state index < -0.39 is 5.97 Å². The summed E-state index contributed by atoms with van der Waals surface area (Å²) >= 11 is 6.28. The van der Waals surface area contributed by atoms with Gasteiger partial charge in [0.05, 0.1) is 19.9 Å². The maximum atomic E-state index is 11.1. The van der Waals surface area contributed by atoms with Crippen LogP contribution in [0.5, 0.6) is 5.75 Å². The van der Waals surface area contributed by atoms with E-state index in [0.717, 1.165) is 11.3 Å². The first-order valence-electron chi connectivity index (χ1n) is 8.28. The fourth-order valence-corrected chi connectivity index (χ4v) is 2.93. The molecule has 0 unspecified atom stereocenters. The first-order chi connectivity index (χ1) is 13.5. The number of hydrogen-bond donors (Lipinski definition) is 1. The fraction of sp³-hybridized carbons (Fsp3) is 0.105. The predicted molar refractivity (Wildman–Crippen MR) is 103 cm³/mol. The van der Waals surface area contributed by atoms with Gasteiger partial charge >= 0.3 is 5.97 Å². The number of carboxylic acid groups (broad SMARTS) is 1. The fourth-order valence-electron chi connectivity index (χ4n) is 2.72. The number of benzene rings is 1. The molecule has 0 aliphatic carbocycles. The lowest BCUT2D eigenvalue weighted by Crippen LogP contribution is -2.02. The summed E-state index contributed by atoms with van der Waals surface area (Å²) < 4.78 is 6.88. The molecule has 1 N–H and O–H groups in total. The number of aromatic carboxylic acids is 1. The first-order valence-corrected chi connectivity index (χ1v) is 8.65.